The molecule has 0 saturated carbocycles. The number of halogens is 3. The molecule has 0 amide bonds. The number of benzene rings is 3. The SMILES string of the molecule is Nc1cccc(-c2cccc(-c3nc4cc(C(F)(F)F)ccc4o3)c2)c1. The molecule has 3 nitrogen and oxygen atoms in total. The lowest BCUT2D eigenvalue weighted by molar-refractivity contribution is -0.137. The summed E-state index contributed by atoms with van der Waals surface area (Å²) < 4.78 is 44.2. The minimum atomic E-state index is -4.42. The lowest BCUT2D eigenvalue weighted by Gasteiger charge is -2.04. The summed E-state index contributed by atoms with van der Waals surface area (Å²) in [5.74, 6) is 0.269. The maximum absolute atomic E-state index is 12.9. The zero-order valence-electron chi connectivity index (χ0n) is 13.4. The predicted molar refractivity (Wildman–Crippen MR) is 94.3 cm³/mol. The summed E-state index contributed by atoms with van der Waals surface area (Å²) >= 11 is 0. The van der Waals surface area contributed by atoms with Crippen molar-refractivity contribution in [3.63, 3.8) is 0 Å². The Morgan fingerprint density at radius 1 is 0.808 bits per heavy atom. The molecular formula is C20H13F3N2O. The van der Waals surface area contributed by atoms with Gasteiger partial charge < -0.3 is 10.2 Å². The summed E-state index contributed by atoms with van der Waals surface area (Å²) in [7, 11) is 0. The molecular weight excluding hydrogens is 341 g/mol. The van der Waals surface area contributed by atoms with Crippen LogP contribution in [0.25, 0.3) is 33.7 Å². The molecule has 4 aromatic rings. The second-order valence-corrected chi connectivity index (χ2v) is 5.91. The summed E-state index contributed by atoms with van der Waals surface area (Å²) in [4.78, 5) is 4.22. The van der Waals surface area contributed by atoms with Gasteiger partial charge in [-0.05, 0) is 53.6 Å². The first-order valence-corrected chi connectivity index (χ1v) is 7.84. The number of nitrogens with two attached hydrogens (primary N) is 1. The van der Waals surface area contributed by atoms with E-state index in [0.29, 0.717) is 16.8 Å². The highest BCUT2D eigenvalue weighted by Crippen LogP contribution is 2.33. The Bertz CT molecular complexity index is 1100. The van der Waals surface area contributed by atoms with E-state index < -0.39 is 11.7 Å². The van der Waals surface area contributed by atoms with Gasteiger partial charge in [0.1, 0.15) is 5.52 Å². The fourth-order valence-corrected chi connectivity index (χ4v) is 2.78. The van der Waals surface area contributed by atoms with Crippen LogP contribution in [0.4, 0.5) is 18.9 Å². The average Bonchev–Trinajstić information content (AvgIpc) is 3.04. The van der Waals surface area contributed by atoms with Crippen LogP contribution in [0.5, 0.6) is 0 Å². The van der Waals surface area contributed by atoms with Crippen molar-refractivity contribution in [2.24, 2.45) is 0 Å². The van der Waals surface area contributed by atoms with Crippen molar-refractivity contribution in [1.29, 1.82) is 0 Å². The quantitative estimate of drug-likeness (QED) is 0.465. The van der Waals surface area contributed by atoms with Crippen LogP contribution in [0.1, 0.15) is 5.56 Å². The number of anilines is 1. The van der Waals surface area contributed by atoms with E-state index in [9.17, 15) is 13.2 Å². The standard InChI is InChI=1S/C20H13F3N2O/c21-20(22,23)15-7-8-18-17(11-15)25-19(26-18)14-5-1-3-12(9-14)13-4-2-6-16(24)10-13/h1-11H,24H2. The monoisotopic (exact) mass is 354 g/mol. The highest BCUT2D eigenvalue weighted by atomic mass is 19.4. The first-order valence-electron chi connectivity index (χ1n) is 7.84. The normalized spacial score (nSPS) is 11.8. The van der Waals surface area contributed by atoms with Crippen LogP contribution in [0.2, 0.25) is 0 Å². The van der Waals surface area contributed by atoms with E-state index in [-0.39, 0.29) is 11.4 Å². The number of oxazole rings is 1. The minimum Gasteiger partial charge on any atom is -0.436 e. The summed E-state index contributed by atoms with van der Waals surface area (Å²) in [6, 6.07) is 18.1. The van der Waals surface area contributed by atoms with Gasteiger partial charge in [0.15, 0.2) is 5.58 Å². The van der Waals surface area contributed by atoms with Crippen LogP contribution < -0.4 is 5.73 Å². The van der Waals surface area contributed by atoms with Crippen molar-refractivity contribution < 1.29 is 17.6 Å². The molecule has 0 radical (unpaired) electrons. The maximum atomic E-state index is 12.9. The van der Waals surface area contributed by atoms with E-state index in [1.807, 2.05) is 36.4 Å². The Morgan fingerprint density at radius 3 is 2.23 bits per heavy atom. The van der Waals surface area contributed by atoms with Gasteiger partial charge >= 0.3 is 6.18 Å². The van der Waals surface area contributed by atoms with Crippen LogP contribution in [-0.4, -0.2) is 4.98 Å². The molecule has 0 spiro atoms. The first kappa shape index (κ1) is 16.2. The lowest BCUT2D eigenvalue weighted by Crippen LogP contribution is -2.03. The second kappa shape index (κ2) is 5.91. The van der Waals surface area contributed by atoms with E-state index in [1.54, 1.807) is 12.1 Å². The molecule has 1 aromatic heterocycles. The van der Waals surface area contributed by atoms with Gasteiger partial charge in [-0.25, -0.2) is 4.98 Å². The summed E-state index contributed by atoms with van der Waals surface area (Å²) in [5.41, 5.74) is 8.72. The third kappa shape index (κ3) is 3.01. The lowest BCUT2D eigenvalue weighted by atomic mass is 10.0. The molecule has 2 N–H and O–H groups in total. The molecule has 6 heteroatoms. The Hall–Kier alpha value is -3.28. The maximum Gasteiger partial charge on any atom is 0.416 e. The van der Waals surface area contributed by atoms with Gasteiger partial charge in [-0.2, -0.15) is 13.2 Å². The first-order chi connectivity index (χ1) is 12.4. The van der Waals surface area contributed by atoms with Crippen molar-refractivity contribution in [2.45, 2.75) is 6.18 Å². The number of hydrogen-bond acceptors (Lipinski definition) is 3. The van der Waals surface area contributed by atoms with Gasteiger partial charge in [-0.15, -0.1) is 0 Å². The molecule has 0 atom stereocenters. The summed E-state index contributed by atoms with van der Waals surface area (Å²) in [5, 5.41) is 0. The largest absolute Gasteiger partial charge is 0.436 e. The molecule has 1 heterocycles. The zero-order chi connectivity index (χ0) is 18.3. The Balaban J connectivity index is 1.77. The van der Waals surface area contributed by atoms with Crippen LogP contribution in [0, 0.1) is 0 Å². The predicted octanol–water partition coefficient (Wildman–Crippen LogP) is 5.76. The topological polar surface area (TPSA) is 52.0 Å². The summed E-state index contributed by atoms with van der Waals surface area (Å²) in [6.45, 7) is 0. The van der Waals surface area contributed by atoms with Crippen molar-refractivity contribution in [2.75, 3.05) is 5.73 Å². The molecule has 0 aliphatic heterocycles. The average molecular weight is 354 g/mol. The number of nitrogens with zero attached hydrogens (tertiary/aromatic N) is 1. The van der Waals surface area contributed by atoms with E-state index in [2.05, 4.69) is 4.98 Å². The molecule has 26 heavy (non-hydrogen) atoms. The molecule has 4 rings (SSSR count). The van der Waals surface area contributed by atoms with E-state index in [1.165, 1.54) is 6.07 Å². The van der Waals surface area contributed by atoms with Crippen LogP contribution in [-0.2, 0) is 6.18 Å². The number of nitrogen functional groups attached to an aromatic ring is 1. The second-order valence-electron chi connectivity index (χ2n) is 5.91. The van der Waals surface area contributed by atoms with Crippen LogP contribution in [0.15, 0.2) is 71.1 Å². The Kier molecular flexibility index (Phi) is 3.68. The van der Waals surface area contributed by atoms with Crippen molar-refractivity contribution in [3.8, 4) is 22.6 Å². The number of hydrogen-bond donors (Lipinski definition) is 1. The van der Waals surface area contributed by atoms with Gasteiger partial charge in [0.2, 0.25) is 5.89 Å². The smallest absolute Gasteiger partial charge is 0.416 e. The number of aromatic nitrogens is 1. The van der Waals surface area contributed by atoms with Crippen molar-refractivity contribution in [1.82, 2.24) is 4.98 Å². The third-order valence-electron chi connectivity index (χ3n) is 4.04. The molecule has 0 unspecified atom stereocenters. The van der Waals surface area contributed by atoms with Crippen molar-refractivity contribution >= 4 is 16.8 Å². The molecule has 0 saturated heterocycles. The molecule has 0 fully saturated rings. The van der Waals surface area contributed by atoms with E-state index in [0.717, 1.165) is 23.3 Å². The Morgan fingerprint density at radius 2 is 1.50 bits per heavy atom. The number of alkyl halides is 3. The third-order valence-corrected chi connectivity index (χ3v) is 4.04. The fourth-order valence-electron chi connectivity index (χ4n) is 2.78. The van der Waals surface area contributed by atoms with Crippen molar-refractivity contribution in [3.05, 3.63) is 72.3 Å². The Labute approximate surface area is 146 Å². The zero-order valence-corrected chi connectivity index (χ0v) is 13.4. The fraction of sp³-hybridized carbons (Fsp3) is 0.0500. The molecule has 0 bridgehead atoms. The van der Waals surface area contributed by atoms with Crippen LogP contribution >= 0.6 is 0 Å². The minimum absolute atomic E-state index is 0.171. The number of rotatable bonds is 2. The molecule has 3 aromatic carbocycles. The van der Waals surface area contributed by atoms with E-state index in [4.69, 9.17) is 10.2 Å². The van der Waals surface area contributed by atoms with Gasteiger partial charge in [0, 0.05) is 11.3 Å². The van der Waals surface area contributed by atoms with Gasteiger partial charge in [0.05, 0.1) is 5.56 Å². The molecule has 0 aliphatic rings. The highest BCUT2D eigenvalue weighted by Gasteiger charge is 2.31. The van der Waals surface area contributed by atoms with E-state index >= 15 is 0 Å². The molecule has 0 aliphatic carbocycles. The van der Waals surface area contributed by atoms with Gasteiger partial charge in [0.25, 0.3) is 0 Å². The highest BCUT2D eigenvalue weighted by molar-refractivity contribution is 5.78. The van der Waals surface area contributed by atoms with Gasteiger partial charge in [-0.1, -0.05) is 24.3 Å². The summed E-state index contributed by atoms with van der Waals surface area (Å²) in [6.07, 6.45) is -4.42. The van der Waals surface area contributed by atoms with Crippen LogP contribution in [0.3, 0.4) is 0 Å². The number of fused-ring (bicyclic) bond motifs is 1. The molecule has 130 valence electrons. The van der Waals surface area contributed by atoms with Gasteiger partial charge in [-0.3, -0.25) is 0 Å².